The molecule has 2 nitrogen and oxygen atoms in total. The van der Waals surface area contributed by atoms with Gasteiger partial charge in [-0.2, -0.15) is 0 Å². The Morgan fingerprint density at radius 1 is 1.22 bits per heavy atom. The largest absolute Gasteiger partial charge is 0.324 e. The second-order valence-corrected chi connectivity index (χ2v) is 6.55. The van der Waals surface area contributed by atoms with E-state index in [9.17, 15) is 0 Å². The van der Waals surface area contributed by atoms with E-state index in [0.29, 0.717) is 5.41 Å². The highest BCUT2D eigenvalue weighted by atomic mass is 15.1. The summed E-state index contributed by atoms with van der Waals surface area (Å²) in [6, 6.07) is 8.56. The van der Waals surface area contributed by atoms with Gasteiger partial charge in [0, 0.05) is 12.6 Å². The molecule has 2 N–H and O–H groups in total. The van der Waals surface area contributed by atoms with Gasteiger partial charge in [-0.1, -0.05) is 45.0 Å². The molecule has 0 bridgehead atoms. The highest BCUT2D eigenvalue weighted by Crippen LogP contribution is 2.19. The molecule has 1 unspecified atom stereocenters. The normalized spacial score (nSPS) is 13.9. The average molecular weight is 248 g/mol. The lowest BCUT2D eigenvalue weighted by Crippen LogP contribution is -2.31. The van der Waals surface area contributed by atoms with Crippen LogP contribution in [0.2, 0.25) is 0 Å². The third kappa shape index (κ3) is 5.19. The molecule has 0 heterocycles. The van der Waals surface area contributed by atoms with E-state index >= 15 is 0 Å². The van der Waals surface area contributed by atoms with Crippen molar-refractivity contribution in [3.8, 4) is 0 Å². The summed E-state index contributed by atoms with van der Waals surface area (Å²) in [6.45, 7) is 11.1. The molecule has 0 aliphatic rings. The molecule has 1 aromatic carbocycles. The van der Waals surface area contributed by atoms with Crippen LogP contribution < -0.4 is 5.73 Å². The summed E-state index contributed by atoms with van der Waals surface area (Å²) in [5.74, 6) is 0. The second kappa shape index (κ2) is 6.35. The quantitative estimate of drug-likeness (QED) is 0.865. The fraction of sp³-hybridized carbons (Fsp3) is 0.625. The van der Waals surface area contributed by atoms with E-state index in [1.54, 1.807) is 0 Å². The Balaban J connectivity index is 2.47. The van der Waals surface area contributed by atoms with Crippen LogP contribution >= 0.6 is 0 Å². The standard InChI is InChI=1S/C16H28N2/c1-13-8-6-7-9-14(13)15(17)10-11-18(5)12-16(2,3)4/h6-9,15H,10-12,17H2,1-5H3. The first-order valence-corrected chi connectivity index (χ1v) is 6.79. The number of aryl methyl sites for hydroxylation is 1. The molecule has 0 amide bonds. The Hall–Kier alpha value is -0.860. The summed E-state index contributed by atoms with van der Waals surface area (Å²) in [7, 11) is 2.18. The minimum Gasteiger partial charge on any atom is -0.324 e. The summed E-state index contributed by atoms with van der Waals surface area (Å²) in [5, 5.41) is 0. The van der Waals surface area contributed by atoms with Gasteiger partial charge in [-0.15, -0.1) is 0 Å². The van der Waals surface area contributed by atoms with Crippen molar-refractivity contribution in [2.45, 2.75) is 40.2 Å². The van der Waals surface area contributed by atoms with Crippen LogP contribution in [0.5, 0.6) is 0 Å². The van der Waals surface area contributed by atoms with Crippen molar-refractivity contribution in [1.29, 1.82) is 0 Å². The smallest absolute Gasteiger partial charge is 0.0309 e. The van der Waals surface area contributed by atoms with Gasteiger partial charge in [0.1, 0.15) is 0 Å². The average Bonchev–Trinajstić information content (AvgIpc) is 2.24. The Labute approximate surface area is 112 Å². The van der Waals surface area contributed by atoms with Crippen LogP contribution in [0.4, 0.5) is 0 Å². The van der Waals surface area contributed by atoms with E-state index in [4.69, 9.17) is 5.73 Å². The summed E-state index contributed by atoms with van der Waals surface area (Å²) in [4.78, 5) is 2.37. The highest BCUT2D eigenvalue weighted by molar-refractivity contribution is 5.28. The van der Waals surface area contributed by atoms with Gasteiger partial charge in [0.15, 0.2) is 0 Å². The molecule has 1 atom stereocenters. The number of benzene rings is 1. The molecule has 0 saturated heterocycles. The van der Waals surface area contributed by atoms with Gasteiger partial charge in [-0.3, -0.25) is 0 Å². The lowest BCUT2D eigenvalue weighted by atomic mass is 9.95. The minimum absolute atomic E-state index is 0.147. The molecule has 18 heavy (non-hydrogen) atoms. The van der Waals surface area contributed by atoms with Gasteiger partial charge in [0.2, 0.25) is 0 Å². The lowest BCUT2D eigenvalue weighted by molar-refractivity contribution is 0.221. The molecular formula is C16H28N2. The molecule has 0 fully saturated rings. The van der Waals surface area contributed by atoms with Gasteiger partial charge < -0.3 is 10.6 Å². The Morgan fingerprint density at radius 2 is 1.83 bits per heavy atom. The number of hydrogen-bond acceptors (Lipinski definition) is 2. The number of nitrogens with two attached hydrogens (primary N) is 1. The first kappa shape index (κ1) is 15.2. The van der Waals surface area contributed by atoms with Crippen LogP contribution in [-0.2, 0) is 0 Å². The summed E-state index contributed by atoms with van der Waals surface area (Å²) in [5.41, 5.74) is 9.20. The number of hydrogen-bond donors (Lipinski definition) is 1. The van der Waals surface area contributed by atoms with E-state index in [1.165, 1.54) is 11.1 Å². The molecule has 0 aliphatic heterocycles. The SMILES string of the molecule is Cc1ccccc1C(N)CCN(C)CC(C)(C)C. The van der Waals surface area contributed by atoms with Gasteiger partial charge >= 0.3 is 0 Å². The molecule has 0 aliphatic carbocycles. The molecule has 1 rings (SSSR count). The van der Waals surface area contributed by atoms with E-state index in [2.05, 4.69) is 63.9 Å². The van der Waals surface area contributed by atoms with Crippen molar-refractivity contribution in [3.05, 3.63) is 35.4 Å². The summed E-state index contributed by atoms with van der Waals surface area (Å²) in [6.07, 6.45) is 1.01. The van der Waals surface area contributed by atoms with E-state index in [-0.39, 0.29) is 6.04 Å². The third-order valence-corrected chi connectivity index (χ3v) is 3.15. The first-order valence-electron chi connectivity index (χ1n) is 6.79. The maximum Gasteiger partial charge on any atom is 0.0309 e. The van der Waals surface area contributed by atoms with Gasteiger partial charge in [-0.25, -0.2) is 0 Å². The van der Waals surface area contributed by atoms with E-state index in [0.717, 1.165) is 19.5 Å². The Kier molecular flexibility index (Phi) is 5.36. The molecular weight excluding hydrogens is 220 g/mol. The lowest BCUT2D eigenvalue weighted by Gasteiger charge is -2.27. The minimum atomic E-state index is 0.147. The summed E-state index contributed by atoms with van der Waals surface area (Å²) >= 11 is 0. The zero-order valence-electron chi connectivity index (χ0n) is 12.5. The van der Waals surface area contributed by atoms with Crippen LogP contribution in [-0.4, -0.2) is 25.0 Å². The topological polar surface area (TPSA) is 29.3 Å². The molecule has 1 aromatic rings. The fourth-order valence-corrected chi connectivity index (χ4v) is 2.41. The maximum atomic E-state index is 6.28. The van der Waals surface area contributed by atoms with Crippen LogP contribution in [0.1, 0.15) is 44.4 Å². The van der Waals surface area contributed by atoms with E-state index < -0.39 is 0 Å². The Bertz CT molecular complexity index is 366. The number of rotatable bonds is 5. The van der Waals surface area contributed by atoms with Crippen LogP contribution in [0.25, 0.3) is 0 Å². The zero-order chi connectivity index (χ0) is 13.8. The monoisotopic (exact) mass is 248 g/mol. The summed E-state index contributed by atoms with van der Waals surface area (Å²) < 4.78 is 0. The van der Waals surface area contributed by atoms with Crippen LogP contribution in [0.15, 0.2) is 24.3 Å². The van der Waals surface area contributed by atoms with Crippen molar-refractivity contribution in [2.75, 3.05) is 20.1 Å². The molecule has 0 radical (unpaired) electrons. The van der Waals surface area contributed by atoms with Crippen molar-refractivity contribution < 1.29 is 0 Å². The Morgan fingerprint density at radius 3 is 2.39 bits per heavy atom. The molecule has 0 aromatic heterocycles. The molecule has 2 heteroatoms. The van der Waals surface area contributed by atoms with Crippen LogP contribution in [0, 0.1) is 12.3 Å². The van der Waals surface area contributed by atoms with Crippen LogP contribution in [0.3, 0.4) is 0 Å². The van der Waals surface area contributed by atoms with Crippen molar-refractivity contribution >= 4 is 0 Å². The fourth-order valence-electron chi connectivity index (χ4n) is 2.41. The van der Waals surface area contributed by atoms with Crippen molar-refractivity contribution in [2.24, 2.45) is 11.1 Å². The van der Waals surface area contributed by atoms with Crippen molar-refractivity contribution in [1.82, 2.24) is 4.90 Å². The van der Waals surface area contributed by atoms with Gasteiger partial charge in [-0.05, 0) is 43.5 Å². The highest BCUT2D eigenvalue weighted by Gasteiger charge is 2.15. The van der Waals surface area contributed by atoms with Gasteiger partial charge in [0.05, 0.1) is 0 Å². The molecule has 102 valence electrons. The third-order valence-electron chi connectivity index (χ3n) is 3.15. The maximum absolute atomic E-state index is 6.28. The van der Waals surface area contributed by atoms with E-state index in [1.807, 2.05) is 0 Å². The number of nitrogens with zero attached hydrogens (tertiary/aromatic N) is 1. The molecule has 0 saturated carbocycles. The van der Waals surface area contributed by atoms with Gasteiger partial charge in [0.25, 0.3) is 0 Å². The second-order valence-electron chi connectivity index (χ2n) is 6.55. The predicted molar refractivity (Wildman–Crippen MR) is 79.7 cm³/mol. The first-order chi connectivity index (χ1) is 8.29. The molecule has 0 spiro atoms. The zero-order valence-corrected chi connectivity index (χ0v) is 12.5. The van der Waals surface area contributed by atoms with Crippen molar-refractivity contribution in [3.63, 3.8) is 0 Å². The predicted octanol–water partition coefficient (Wildman–Crippen LogP) is 3.36.